The van der Waals surface area contributed by atoms with Crippen LogP contribution in [0.1, 0.15) is 29.5 Å². The third-order valence-electron chi connectivity index (χ3n) is 5.36. The van der Waals surface area contributed by atoms with Crippen molar-refractivity contribution in [1.82, 2.24) is 10.3 Å². The first-order valence-corrected chi connectivity index (χ1v) is 9.33. The molecular weight excluding hydrogens is 342 g/mol. The van der Waals surface area contributed by atoms with Crippen LogP contribution in [-0.4, -0.2) is 30.5 Å². The lowest BCUT2D eigenvalue weighted by atomic mass is 10.1. The Morgan fingerprint density at radius 3 is 2.96 bits per heavy atom. The summed E-state index contributed by atoms with van der Waals surface area (Å²) in [5.41, 5.74) is 4.54. The van der Waals surface area contributed by atoms with E-state index in [1.54, 1.807) is 24.3 Å². The zero-order valence-corrected chi connectivity index (χ0v) is 15.4. The number of aryl methyl sites for hydroxylation is 2. The van der Waals surface area contributed by atoms with Crippen LogP contribution in [-0.2, 0) is 29.0 Å². The van der Waals surface area contributed by atoms with Crippen molar-refractivity contribution in [3.63, 3.8) is 0 Å². The van der Waals surface area contributed by atoms with E-state index in [-0.39, 0.29) is 24.2 Å². The topological polar surface area (TPSA) is 71.5 Å². The highest BCUT2D eigenvalue weighted by atomic mass is 16.5. The molecule has 0 bridgehead atoms. The molecule has 140 valence electrons. The molecule has 2 heterocycles. The lowest BCUT2D eigenvalue weighted by Gasteiger charge is -2.18. The van der Waals surface area contributed by atoms with Gasteiger partial charge in [0.1, 0.15) is 0 Å². The Labute approximate surface area is 158 Å². The maximum Gasteiger partial charge on any atom is 0.227 e. The minimum absolute atomic E-state index is 0.0127. The molecule has 1 fully saturated rings. The molecule has 6 nitrogen and oxygen atoms in total. The molecule has 1 aliphatic heterocycles. The number of ether oxygens (including phenoxy) is 1. The SMILES string of the molecule is COc1cc(CNC(=O)[C@@H]2CC(=O)N(c3ccc4c(c3)CCC4)C2)ccn1. The van der Waals surface area contributed by atoms with E-state index in [1.165, 1.54) is 17.5 Å². The van der Waals surface area contributed by atoms with Crippen LogP contribution in [0.25, 0.3) is 0 Å². The van der Waals surface area contributed by atoms with Crippen LogP contribution in [0, 0.1) is 5.92 Å². The number of fused-ring (bicyclic) bond motifs is 1. The van der Waals surface area contributed by atoms with Gasteiger partial charge >= 0.3 is 0 Å². The van der Waals surface area contributed by atoms with Crippen molar-refractivity contribution in [2.24, 2.45) is 5.92 Å². The number of nitrogens with zero attached hydrogens (tertiary/aromatic N) is 2. The van der Waals surface area contributed by atoms with E-state index in [4.69, 9.17) is 4.74 Å². The van der Waals surface area contributed by atoms with Crippen molar-refractivity contribution in [3.05, 3.63) is 53.2 Å². The molecule has 0 spiro atoms. The molecule has 1 aromatic carbocycles. The van der Waals surface area contributed by atoms with E-state index >= 15 is 0 Å². The average Bonchev–Trinajstić information content (AvgIpc) is 3.32. The Morgan fingerprint density at radius 2 is 2.11 bits per heavy atom. The first-order valence-electron chi connectivity index (χ1n) is 9.33. The van der Waals surface area contributed by atoms with Crippen molar-refractivity contribution in [1.29, 1.82) is 0 Å². The van der Waals surface area contributed by atoms with Gasteiger partial charge in [-0.25, -0.2) is 4.98 Å². The quantitative estimate of drug-likeness (QED) is 0.882. The second kappa shape index (κ2) is 7.39. The van der Waals surface area contributed by atoms with Crippen molar-refractivity contribution < 1.29 is 14.3 Å². The minimum Gasteiger partial charge on any atom is -0.481 e. The summed E-state index contributed by atoms with van der Waals surface area (Å²) in [7, 11) is 1.56. The highest BCUT2D eigenvalue weighted by Gasteiger charge is 2.35. The Morgan fingerprint density at radius 1 is 1.26 bits per heavy atom. The van der Waals surface area contributed by atoms with Crippen molar-refractivity contribution in [2.75, 3.05) is 18.6 Å². The van der Waals surface area contributed by atoms with E-state index in [0.29, 0.717) is 19.0 Å². The number of hydrogen-bond donors (Lipinski definition) is 1. The zero-order valence-electron chi connectivity index (χ0n) is 15.4. The van der Waals surface area contributed by atoms with Gasteiger partial charge in [0, 0.05) is 37.5 Å². The van der Waals surface area contributed by atoms with Crippen molar-refractivity contribution in [2.45, 2.75) is 32.2 Å². The Kier molecular flexibility index (Phi) is 4.79. The number of nitrogens with one attached hydrogen (secondary N) is 1. The van der Waals surface area contributed by atoms with Crippen molar-refractivity contribution in [3.8, 4) is 5.88 Å². The summed E-state index contributed by atoms with van der Waals surface area (Å²) in [5, 5.41) is 2.93. The summed E-state index contributed by atoms with van der Waals surface area (Å²) in [5.74, 6) is 0.108. The third kappa shape index (κ3) is 3.65. The first kappa shape index (κ1) is 17.5. The number of rotatable bonds is 5. The van der Waals surface area contributed by atoms with Gasteiger partial charge in [-0.15, -0.1) is 0 Å². The number of hydrogen-bond acceptors (Lipinski definition) is 4. The molecule has 1 aromatic heterocycles. The number of benzene rings is 1. The van der Waals surface area contributed by atoms with Gasteiger partial charge in [-0.3, -0.25) is 9.59 Å². The van der Waals surface area contributed by atoms with Crippen LogP contribution in [0.2, 0.25) is 0 Å². The maximum atomic E-state index is 12.5. The molecular formula is C21H23N3O3. The molecule has 1 aliphatic carbocycles. The largest absolute Gasteiger partial charge is 0.481 e. The monoisotopic (exact) mass is 365 g/mol. The van der Waals surface area contributed by atoms with Gasteiger partial charge in [0.2, 0.25) is 17.7 Å². The molecule has 1 N–H and O–H groups in total. The number of amides is 2. The van der Waals surface area contributed by atoms with Gasteiger partial charge in [0.05, 0.1) is 13.0 Å². The van der Waals surface area contributed by atoms with Crippen LogP contribution in [0.3, 0.4) is 0 Å². The molecule has 6 heteroatoms. The fourth-order valence-corrected chi connectivity index (χ4v) is 3.86. The Bertz CT molecular complexity index is 881. The number of methoxy groups -OCH3 is 1. The normalized spacial score (nSPS) is 18.5. The van der Waals surface area contributed by atoms with E-state index in [1.807, 2.05) is 12.1 Å². The predicted molar refractivity (Wildman–Crippen MR) is 102 cm³/mol. The standard InChI is InChI=1S/C21H23N3O3/c1-27-19-9-14(7-8-22-19)12-23-21(26)17-11-20(25)24(13-17)18-6-5-15-3-2-4-16(15)10-18/h5-10,17H,2-4,11-13H2,1H3,(H,23,26)/t17-/m1/s1. The summed E-state index contributed by atoms with van der Waals surface area (Å²) in [6, 6.07) is 9.86. The summed E-state index contributed by atoms with van der Waals surface area (Å²) in [6.07, 6.45) is 5.27. The zero-order chi connectivity index (χ0) is 18.8. The number of pyridine rings is 1. The van der Waals surface area contributed by atoms with Crippen LogP contribution in [0.5, 0.6) is 5.88 Å². The van der Waals surface area contributed by atoms with Gasteiger partial charge in [-0.05, 0) is 54.2 Å². The molecule has 4 rings (SSSR count). The van der Waals surface area contributed by atoms with Gasteiger partial charge in [-0.2, -0.15) is 0 Å². The molecule has 1 saturated heterocycles. The number of carbonyl (C=O) groups excluding carboxylic acids is 2. The summed E-state index contributed by atoms with van der Waals surface area (Å²) < 4.78 is 5.10. The third-order valence-corrected chi connectivity index (χ3v) is 5.36. The Balaban J connectivity index is 1.39. The summed E-state index contributed by atoms with van der Waals surface area (Å²) in [4.78, 5) is 30.8. The van der Waals surface area contributed by atoms with Crippen LogP contribution in [0.4, 0.5) is 5.69 Å². The molecule has 2 aliphatic rings. The van der Waals surface area contributed by atoms with E-state index in [0.717, 1.165) is 24.1 Å². The fourth-order valence-electron chi connectivity index (χ4n) is 3.86. The predicted octanol–water partition coefficient (Wildman–Crippen LogP) is 2.25. The average molecular weight is 365 g/mol. The van der Waals surface area contributed by atoms with Gasteiger partial charge in [0.15, 0.2) is 0 Å². The fraction of sp³-hybridized carbons (Fsp3) is 0.381. The number of carbonyl (C=O) groups is 2. The summed E-state index contributed by atoms with van der Waals surface area (Å²) >= 11 is 0. The number of anilines is 1. The van der Waals surface area contributed by atoms with E-state index in [9.17, 15) is 9.59 Å². The molecule has 2 aromatic rings. The highest BCUT2D eigenvalue weighted by molar-refractivity contribution is 6.00. The van der Waals surface area contributed by atoms with Gasteiger partial charge in [-0.1, -0.05) is 6.07 Å². The molecule has 2 amide bonds. The lowest BCUT2D eigenvalue weighted by Crippen LogP contribution is -2.32. The maximum absolute atomic E-state index is 12.5. The van der Waals surface area contributed by atoms with Gasteiger partial charge < -0.3 is 15.0 Å². The molecule has 27 heavy (non-hydrogen) atoms. The summed E-state index contributed by atoms with van der Waals surface area (Å²) in [6.45, 7) is 0.824. The number of aromatic nitrogens is 1. The van der Waals surface area contributed by atoms with E-state index in [2.05, 4.69) is 22.4 Å². The second-order valence-electron chi connectivity index (χ2n) is 7.14. The first-order chi connectivity index (χ1) is 13.1. The van der Waals surface area contributed by atoms with Crippen LogP contribution >= 0.6 is 0 Å². The molecule has 1 atom stereocenters. The van der Waals surface area contributed by atoms with Crippen molar-refractivity contribution >= 4 is 17.5 Å². The molecule has 0 unspecified atom stereocenters. The van der Waals surface area contributed by atoms with Crippen LogP contribution in [0.15, 0.2) is 36.5 Å². The van der Waals surface area contributed by atoms with Crippen LogP contribution < -0.4 is 15.0 Å². The smallest absolute Gasteiger partial charge is 0.227 e. The van der Waals surface area contributed by atoms with E-state index < -0.39 is 0 Å². The Hall–Kier alpha value is -2.89. The minimum atomic E-state index is -0.325. The second-order valence-corrected chi connectivity index (χ2v) is 7.14. The molecule has 0 saturated carbocycles. The molecule has 0 radical (unpaired) electrons. The van der Waals surface area contributed by atoms with Gasteiger partial charge in [0.25, 0.3) is 0 Å². The lowest BCUT2D eigenvalue weighted by molar-refractivity contribution is -0.126. The highest BCUT2D eigenvalue weighted by Crippen LogP contribution is 2.30.